The number of nitrogens with zero attached hydrogens (tertiary/aromatic N) is 1. The van der Waals surface area contributed by atoms with E-state index in [0.717, 1.165) is 101 Å². The molecule has 11 heteroatoms. The molecular weight excluding hydrogens is 680 g/mol. The average molecular weight is 731 g/mol. The van der Waals surface area contributed by atoms with Gasteiger partial charge in [0, 0.05) is 35.5 Å². The average Bonchev–Trinajstić information content (AvgIpc) is 3.15. The number of aromatic nitrogens is 1. The molecule has 0 saturated carbocycles. The van der Waals surface area contributed by atoms with Gasteiger partial charge in [-0.05, 0) is 104 Å². The van der Waals surface area contributed by atoms with E-state index >= 15 is 0 Å². The summed E-state index contributed by atoms with van der Waals surface area (Å²) in [5.41, 5.74) is 1.48. The first kappa shape index (κ1) is 37.7. The first-order valence-electron chi connectivity index (χ1n) is 18.7. The fourth-order valence-electron chi connectivity index (χ4n) is 8.35. The molecule has 3 unspecified atom stereocenters. The van der Waals surface area contributed by atoms with Crippen LogP contribution in [-0.2, 0) is 5.54 Å². The third-order valence-corrected chi connectivity index (χ3v) is 11.2. The Morgan fingerprint density at radius 2 is 1.65 bits per heavy atom. The van der Waals surface area contributed by atoms with Gasteiger partial charge in [-0.15, -0.1) is 0 Å². The van der Waals surface area contributed by atoms with Crippen molar-refractivity contribution in [3.8, 4) is 11.5 Å². The number of carboxylic acid groups (broad SMARTS) is 1. The molecule has 2 bridgehead atoms. The molecule has 6 N–H and O–H groups in total. The lowest BCUT2D eigenvalue weighted by Gasteiger charge is -2.53. The number of nitrogens with one attached hydrogen (secondary N) is 3. The number of aromatic hydroxyl groups is 1. The monoisotopic (exact) mass is 730 g/mol. The Morgan fingerprint density at radius 3 is 2.37 bits per heavy atom. The summed E-state index contributed by atoms with van der Waals surface area (Å²) < 4.78 is 6.25. The summed E-state index contributed by atoms with van der Waals surface area (Å²) in [5.74, 6) is 1.18. The first-order valence-corrected chi connectivity index (χ1v) is 19.1. The van der Waals surface area contributed by atoms with Gasteiger partial charge in [0.05, 0.1) is 23.8 Å². The number of unbranched alkanes of at least 4 members (excludes halogenated alkanes) is 6. The van der Waals surface area contributed by atoms with Gasteiger partial charge in [-0.25, -0.2) is 4.79 Å². The van der Waals surface area contributed by atoms with Gasteiger partial charge in [-0.3, -0.25) is 4.79 Å². The number of fused-ring (bicyclic) bond motifs is 4. The van der Waals surface area contributed by atoms with Crippen LogP contribution in [0.1, 0.15) is 80.6 Å². The quantitative estimate of drug-likeness (QED) is 0.0591. The second-order valence-corrected chi connectivity index (χ2v) is 14.8. The summed E-state index contributed by atoms with van der Waals surface area (Å²) in [7, 11) is 0. The molecule has 7 rings (SSSR count). The molecule has 1 aromatic heterocycles. The van der Waals surface area contributed by atoms with Crippen LogP contribution in [0.3, 0.4) is 0 Å². The molecule has 0 spiro atoms. The zero-order valence-electron chi connectivity index (χ0n) is 29.7. The third-order valence-electron chi connectivity index (χ3n) is 11.0. The van der Waals surface area contributed by atoms with Crippen molar-refractivity contribution in [2.45, 2.75) is 69.4 Å². The van der Waals surface area contributed by atoms with Crippen LogP contribution in [0, 0.1) is 11.8 Å². The van der Waals surface area contributed by atoms with E-state index in [2.05, 4.69) is 20.5 Å². The maximum atomic E-state index is 12.5. The van der Waals surface area contributed by atoms with Gasteiger partial charge in [0.15, 0.2) is 0 Å². The number of H-pyrrole nitrogens is 1. The van der Waals surface area contributed by atoms with Crippen molar-refractivity contribution < 1.29 is 24.9 Å². The van der Waals surface area contributed by atoms with E-state index < -0.39 is 17.7 Å². The van der Waals surface area contributed by atoms with Gasteiger partial charge in [0.2, 0.25) is 5.56 Å². The Kier molecular flexibility index (Phi) is 12.8. The molecule has 3 atom stereocenters. The van der Waals surface area contributed by atoms with Crippen LogP contribution in [0.4, 0.5) is 4.79 Å². The van der Waals surface area contributed by atoms with Gasteiger partial charge >= 0.3 is 6.09 Å². The predicted molar refractivity (Wildman–Crippen MR) is 204 cm³/mol. The number of aromatic amines is 1. The number of hydrogen-bond donors (Lipinski definition) is 6. The van der Waals surface area contributed by atoms with Crippen molar-refractivity contribution in [2.75, 3.05) is 39.3 Å². The van der Waals surface area contributed by atoms with E-state index in [0.29, 0.717) is 40.6 Å². The lowest BCUT2D eigenvalue weighted by molar-refractivity contribution is 0.00716. The number of hydrogen-bond acceptors (Lipinski definition) is 7. The van der Waals surface area contributed by atoms with Gasteiger partial charge in [-0.1, -0.05) is 74.0 Å². The number of ether oxygens (including phenoxy) is 1. The molecule has 3 aliphatic rings. The summed E-state index contributed by atoms with van der Waals surface area (Å²) in [6.07, 6.45) is 7.85. The van der Waals surface area contributed by atoms with Crippen LogP contribution < -0.4 is 20.9 Å². The number of rotatable bonds is 18. The maximum Gasteiger partial charge on any atom is 0.405 e. The summed E-state index contributed by atoms with van der Waals surface area (Å²) in [5, 5.41) is 38.6. The highest BCUT2D eigenvalue weighted by atomic mass is 35.5. The zero-order chi connectivity index (χ0) is 36.5. The minimum absolute atomic E-state index is 0.0159. The molecule has 4 heterocycles. The topological polar surface area (TPSA) is 147 Å². The van der Waals surface area contributed by atoms with Crippen molar-refractivity contribution in [1.29, 1.82) is 0 Å². The van der Waals surface area contributed by atoms with Crippen molar-refractivity contribution in [1.82, 2.24) is 20.5 Å². The van der Waals surface area contributed by atoms with E-state index in [1.54, 1.807) is 12.1 Å². The Bertz CT molecular complexity index is 1860. The van der Waals surface area contributed by atoms with Crippen molar-refractivity contribution >= 4 is 28.6 Å². The largest absolute Gasteiger partial charge is 0.506 e. The van der Waals surface area contributed by atoms with E-state index in [9.17, 15) is 24.9 Å². The van der Waals surface area contributed by atoms with Crippen LogP contribution in [0.5, 0.6) is 11.5 Å². The maximum absolute atomic E-state index is 12.5. The Balaban J connectivity index is 0.937. The number of aliphatic hydroxyl groups excluding tert-OH is 1. The highest BCUT2D eigenvalue weighted by molar-refractivity contribution is 6.30. The molecule has 0 radical (unpaired) electrons. The third kappa shape index (κ3) is 8.92. The molecule has 3 fully saturated rings. The summed E-state index contributed by atoms with van der Waals surface area (Å²) in [4.78, 5) is 29.2. The first-order chi connectivity index (χ1) is 25.2. The number of benzene rings is 3. The smallest absolute Gasteiger partial charge is 0.405 e. The van der Waals surface area contributed by atoms with E-state index in [4.69, 9.17) is 16.3 Å². The second-order valence-electron chi connectivity index (χ2n) is 14.3. The molecule has 3 aromatic carbocycles. The molecule has 10 nitrogen and oxygen atoms in total. The Morgan fingerprint density at radius 1 is 0.942 bits per heavy atom. The summed E-state index contributed by atoms with van der Waals surface area (Å²) in [6.45, 7) is 4.72. The molecule has 278 valence electrons. The highest BCUT2D eigenvalue weighted by Crippen LogP contribution is 2.48. The fourth-order valence-corrected chi connectivity index (χ4v) is 8.54. The molecule has 3 saturated heterocycles. The number of aliphatic hydroxyl groups is 1. The van der Waals surface area contributed by atoms with Gasteiger partial charge in [-0.2, -0.15) is 0 Å². The molecular formula is C41H51ClN4O6. The SMILES string of the molecule is O=C(O)NC(c1cccc(Cl)c1)(c1cccc(OCCCCCCCCCNCC(O)c2ccc(O)c3[nH]c(=O)ccc23)c1)C1CN2CCC1CC2. The standard InChI is InChI=1S/C41H51ClN4O6/c42-31-12-8-10-29(24-31)41(45-40(50)51,35-27-46-21-18-28(35)19-22-46)30-11-9-13-32(25-30)52-23-7-5-3-1-2-4-6-20-43-26-37(48)33-14-16-36(47)39-34(33)15-17-38(49)44-39/h8-17,24-25,28,35,37,43,45,47-48H,1-7,18-23,26-27H2,(H,44,49)(H,50,51). The predicted octanol–water partition coefficient (Wildman–Crippen LogP) is 7.17. The minimum Gasteiger partial charge on any atom is -0.506 e. The van der Waals surface area contributed by atoms with E-state index in [1.165, 1.54) is 12.1 Å². The van der Waals surface area contributed by atoms with Gasteiger partial charge in [0.25, 0.3) is 0 Å². The molecule has 3 aliphatic heterocycles. The van der Waals surface area contributed by atoms with E-state index in [1.807, 2.05) is 48.5 Å². The van der Waals surface area contributed by atoms with Gasteiger partial charge in [0.1, 0.15) is 11.5 Å². The molecule has 52 heavy (non-hydrogen) atoms. The Hall–Kier alpha value is -4.09. The molecule has 0 aliphatic carbocycles. The van der Waals surface area contributed by atoms with Crippen LogP contribution >= 0.6 is 11.6 Å². The summed E-state index contributed by atoms with van der Waals surface area (Å²) >= 11 is 6.50. The van der Waals surface area contributed by atoms with Crippen LogP contribution in [0.2, 0.25) is 5.02 Å². The fraction of sp³-hybridized carbons (Fsp3) is 0.463. The lowest BCUT2D eigenvalue weighted by Crippen LogP contribution is -2.61. The second kappa shape index (κ2) is 17.6. The van der Waals surface area contributed by atoms with Crippen molar-refractivity contribution in [3.63, 3.8) is 0 Å². The van der Waals surface area contributed by atoms with E-state index in [-0.39, 0.29) is 17.2 Å². The Labute approximate surface area is 310 Å². The number of halogens is 1. The number of carbonyl (C=O) groups is 1. The highest BCUT2D eigenvalue weighted by Gasteiger charge is 2.51. The molecule has 4 aromatic rings. The number of phenolic OH excluding ortho intramolecular Hbond substituents is 1. The van der Waals surface area contributed by atoms with Gasteiger partial charge < -0.3 is 40.6 Å². The normalized spacial score (nSPS) is 20.0. The number of amides is 1. The number of phenols is 1. The number of piperidine rings is 3. The van der Waals surface area contributed by atoms with Crippen molar-refractivity contribution in [3.05, 3.63) is 105 Å². The minimum atomic E-state index is -1.06. The lowest BCUT2D eigenvalue weighted by atomic mass is 9.63. The zero-order valence-corrected chi connectivity index (χ0v) is 30.4. The van der Waals surface area contributed by atoms with Crippen LogP contribution in [-0.4, -0.2) is 70.6 Å². The number of pyridine rings is 1. The van der Waals surface area contributed by atoms with Crippen molar-refractivity contribution in [2.24, 2.45) is 11.8 Å². The molecule has 1 amide bonds. The summed E-state index contributed by atoms with van der Waals surface area (Å²) in [6, 6.07) is 21.8. The van der Waals surface area contributed by atoms with Crippen LogP contribution in [0.15, 0.2) is 77.6 Å². The van der Waals surface area contributed by atoms with Crippen LogP contribution in [0.25, 0.3) is 10.9 Å².